The van der Waals surface area contributed by atoms with Crippen LogP contribution in [0.5, 0.6) is 5.75 Å². The Hall–Kier alpha value is -1.77. The summed E-state index contributed by atoms with van der Waals surface area (Å²) in [5.74, 6) is -0.678. The number of hydrogen-bond acceptors (Lipinski definition) is 2. The Labute approximate surface area is 94.0 Å². The van der Waals surface area contributed by atoms with E-state index in [0.29, 0.717) is 0 Å². The van der Waals surface area contributed by atoms with Crippen molar-refractivity contribution in [2.45, 2.75) is 20.3 Å². The number of benzene rings is 1. The van der Waals surface area contributed by atoms with E-state index in [4.69, 9.17) is 0 Å². The third-order valence-electron chi connectivity index (χ3n) is 3.12. The molecule has 0 bridgehead atoms. The molecule has 0 amide bonds. The molecular formula is C13H14O3. The Balaban J connectivity index is 2.50. The standard InChI is InChI=1S/C13H14O3/c1-13(2,12(15)16)11-6-4-8-3-5-9(14)7-10(8)11/h3,5-7,14H,4H2,1-2H3,(H,15,16). The van der Waals surface area contributed by atoms with E-state index in [1.807, 2.05) is 12.1 Å². The second-order valence-corrected chi connectivity index (χ2v) is 4.59. The minimum Gasteiger partial charge on any atom is -0.508 e. The molecule has 2 N–H and O–H groups in total. The van der Waals surface area contributed by atoms with Crippen molar-refractivity contribution < 1.29 is 15.0 Å². The van der Waals surface area contributed by atoms with E-state index >= 15 is 0 Å². The largest absolute Gasteiger partial charge is 0.508 e. The van der Waals surface area contributed by atoms with Crippen LogP contribution in [0.1, 0.15) is 25.0 Å². The molecule has 84 valence electrons. The Bertz CT molecular complexity index is 484. The zero-order valence-corrected chi connectivity index (χ0v) is 9.32. The van der Waals surface area contributed by atoms with Crippen molar-refractivity contribution in [2.24, 2.45) is 5.41 Å². The number of aliphatic carboxylic acids is 1. The third-order valence-corrected chi connectivity index (χ3v) is 3.12. The Kier molecular flexibility index (Phi) is 2.26. The minimum atomic E-state index is -0.918. The van der Waals surface area contributed by atoms with Crippen LogP contribution in [0.2, 0.25) is 0 Å². The lowest BCUT2D eigenvalue weighted by Gasteiger charge is -2.22. The summed E-state index contributed by atoms with van der Waals surface area (Å²) in [4.78, 5) is 11.2. The van der Waals surface area contributed by atoms with E-state index in [-0.39, 0.29) is 5.75 Å². The van der Waals surface area contributed by atoms with Gasteiger partial charge in [-0.05, 0) is 49.1 Å². The maximum absolute atomic E-state index is 11.2. The van der Waals surface area contributed by atoms with Gasteiger partial charge in [-0.25, -0.2) is 0 Å². The fourth-order valence-corrected chi connectivity index (χ4v) is 2.02. The highest BCUT2D eigenvalue weighted by atomic mass is 16.4. The van der Waals surface area contributed by atoms with Crippen LogP contribution < -0.4 is 0 Å². The molecule has 0 atom stereocenters. The summed E-state index contributed by atoms with van der Waals surface area (Å²) < 4.78 is 0. The fraction of sp³-hybridized carbons (Fsp3) is 0.308. The van der Waals surface area contributed by atoms with Gasteiger partial charge >= 0.3 is 5.97 Å². The monoisotopic (exact) mass is 218 g/mol. The van der Waals surface area contributed by atoms with Crippen LogP contribution in [0.4, 0.5) is 0 Å². The molecule has 0 radical (unpaired) electrons. The molecule has 0 aliphatic heterocycles. The van der Waals surface area contributed by atoms with E-state index in [1.165, 1.54) is 0 Å². The number of aromatic hydroxyl groups is 1. The Morgan fingerprint density at radius 3 is 2.69 bits per heavy atom. The molecule has 0 spiro atoms. The predicted molar refractivity (Wildman–Crippen MR) is 61.2 cm³/mol. The van der Waals surface area contributed by atoms with E-state index in [2.05, 4.69) is 0 Å². The van der Waals surface area contributed by atoms with Gasteiger partial charge in [0.15, 0.2) is 0 Å². The molecule has 1 aromatic carbocycles. The number of carboxylic acids is 1. The number of allylic oxidation sites excluding steroid dienone is 1. The smallest absolute Gasteiger partial charge is 0.313 e. The molecular weight excluding hydrogens is 204 g/mol. The number of phenols is 1. The fourth-order valence-electron chi connectivity index (χ4n) is 2.02. The summed E-state index contributed by atoms with van der Waals surface area (Å²) in [6.07, 6.45) is 2.67. The first kappa shape index (κ1) is 10.7. The molecule has 2 rings (SSSR count). The van der Waals surface area contributed by atoms with Crippen LogP contribution in [0, 0.1) is 5.41 Å². The first-order valence-electron chi connectivity index (χ1n) is 5.19. The van der Waals surface area contributed by atoms with Crippen molar-refractivity contribution in [1.29, 1.82) is 0 Å². The molecule has 1 aliphatic rings. The molecule has 0 unspecified atom stereocenters. The summed E-state index contributed by atoms with van der Waals surface area (Å²) in [6.45, 7) is 3.36. The van der Waals surface area contributed by atoms with Gasteiger partial charge in [0.2, 0.25) is 0 Å². The van der Waals surface area contributed by atoms with Crippen LogP contribution in [0.25, 0.3) is 5.57 Å². The van der Waals surface area contributed by atoms with Gasteiger partial charge in [-0.3, -0.25) is 4.79 Å². The highest BCUT2D eigenvalue weighted by Gasteiger charge is 2.35. The maximum Gasteiger partial charge on any atom is 0.313 e. The average Bonchev–Trinajstić information content (AvgIpc) is 2.60. The third kappa shape index (κ3) is 1.48. The summed E-state index contributed by atoms with van der Waals surface area (Å²) in [5, 5.41) is 18.6. The van der Waals surface area contributed by atoms with Crippen LogP contribution in [0.15, 0.2) is 24.3 Å². The normalized spacial score (nSPS) is 14.5. The number of hydrogen-bond donors (Lipinski definition) is 2. The summed E-state index contributed by atoms with van der Waals surface area (Å²) in [5.41, 5.74) is 1.79. The van der Waals surface area contributed by atoms with Crippen molar-refractivity contribution in [1.82, 2.24) is 0 Å². The van der Waals surface area contributed by atoms with Crippen LogP contribution in [0.3, 0.4) is 0 Å². The van der Waals surface area contributed by atoms with Gasteiger partial charge < -0.3 is 10.2 Å². The van der Waals surface area contributed by atoms with Gasteiger partial charge in [0.25, 0.3) is 0 Å². The average molecular weight is 218 g/mol. The molecule has 0 saturated heterocycles. The topological polar surface area (TPSA) is 57.5 Å². The number of carboxylic acid groups (broad SMARTS) is 1. The molecule has 16 heavy (non-hydrogen) atoms. The summed E-state index contributed by atoms with van der Waals surface area (Å²) in [6, 6.07) is 5.11. The molecule has 0 fully saturated rings. The lowest BCUT2D eigenvalue weighted by molar-refractivity contribution is -0.143. The maximum atomic E-state index is 11.2. The second-order valence-electron chi connectivity index (χ2n) is 4.59. The number of rotatable bonds is 2. The number of phenolic OH excluding ortho intramolecular Hbond substituents is 1. The number of carbonyl (C=O) groups is 1. The van der Waals surface area contributed by atoms with Gasteiger partial charge in [0.05, 0.1) is 5.41 Å². The molecule has 1 aliphatic carbocycles. The predicted octanol–water partition coefficient (Wildman–Crippen LogP) is 2.44. The van der Waals surface area contributed by atoms with Gasteiger partial charge in [-0.2, -0.15) is 0 Å². The Morgan fingerprint density at radius 1 is 1.38 bits per heavy atom. The van der Waals surface area contributed by atoms with Crippen molar-refractivity contribution in [3.63, 3.8) is 0 Å². The van der Waals surface area contributed by atoms with Crippen LogP contribution in [-0.2, 0) is 11.2 Å². The first-order valence-corrected chi connectivity index (χ1v) is 5.19. The lowest BCUT2D eigenvalue weighted by Crippen LogP contribution is -2.24. The highest BCUT2D eigenvalue weighted by Crippen LogP contribution is 2.41. The highest BCUT2D eigenvalue weighted by molar-refractivity contribution is 5.93. The molecule has 0 saturated carbocycles. The van der Waals surface area contributed by atoms with Gasteiger partial charge in [-0.1, -0.05) is 12.1 Å². The van der Waals surface area contributed by atoms with Gasteiger partial charge in [0.1, 0.15) is 5.75 Å². The van der Waals surface area contributed by atoms with Crippen molar-refractivity contribution in [2.75, 3.05) is 0 Å². The van der Waals surface area contributed by atoms with Crippen molar-refractivity contribution >= 4 is 11.5 Å². The molecule has 0 heterocycles. The van der Waals surface area contributed by atoms with E-state index in [1.54, 1.807) is 26.0 Å². The zero-order chi connectivity index (χ0) is 11.9. The lowest BCUT2D eigenvalue weighted by atomic mass is 9.81. The summed E-state index contributed by atoms with van der Waals surface area (Å²) in [7, 11) is 0. The SMILES string of the molecule is CC(C)(C(=O)O)C1=CCc2ccc(O)cc21. The number of fused-ring (bicyclic) bond motifs is 1. The first-order chi connectivity index (χ1) is 7.43. The van der Waals surface area contributed by atoms with Crippen molar-refractivity contribution in [3.8, 4) is 5.75 Å². The molecule has 1 aromatic rings. The zero-order valence-electron chi connectivity index (χ0n) is 9.32. The van der Waals surface area contributed by atoms with E-state index < -0.39 is 11.4 Å². The van der Waals surface area contributed by atoms with Crippen LogP contribution >= 0.6 is 0 Å². The molecule has 0 aromatic heterocycles. The minimum absolute atomic E-state index is 0.174. The molecule has 3 heteroatoms. The Morgan fingerprint density at radius 2 is 2.06 bits per heavy atom. The second kappa shape index (κ2) is 3.37. The van der Waals surface area contributed by atoms with Gasteiger partial charge in [0, 0.05) is 0 Å². The quantitative estimate of drug-likeness (QED) is 0.801. The summed E-state index contributed by atoms with van der Waals surface area (Å²) >= 11 is 0. The van der Waals surface area contributed by atoms with Crippen LogP contribution in [-0.4, -0.2) is 16.2 Å². The van der Waals surface area contributed by atoms with Crippen molar-refractivity contribution in [3.05, 3.63) is 35.4 Å². The van der Waals surface area contributed by atoms with Gasteiger partial charge in [-0.15, -0.1) is 0 Å². The van der Waals surface area contributed by atoms with E-state index in [9.17, 15) is 15.0 Å². The van der Waals surface area contributed by atoms with E-state index in [0.717, 1.165) is 23.1 Å². The molecule has 3 nitrogen and oxygen atoms in total.